The summed E-state index contributed by atoms with van der Waals surface area (Å²) in [5.74, 6) is 2.17. The Morgan fingerprint density at radius 1 is 1.06 bits per heavy atom. The highest BCUT2D eigenvalue weighted by Crippen LogP contribution is 2.37. The van der Waals surface area contributed by atoms with Gasteiger partial charge in [0.2, 0.25) is 5.95 Å². The van der Waals surface area contributed by atoms with Gasteiger partial charge in [-0.05, 0) is 62.8 Å². The molecule has 0 spiro atoms. The molecule has 0 bridgehead atoms. The van der Waals surface area contributed by atoms with Crippen LogP contribution in [0.4, 0.5) is 20.5 Å². The lowest BCUT2D eigenvalue weighted by molar-refractivity contribution is -0.0222. The second-order valence-electron chi connectivity index (χ2n) is 10.0. The number of halogens is 2. The third-order valence-corrected chi connectivity index (χ3v) is 8.43. The molecule has 3 fully saturated rings. The van der Waals surface area contributed by atoms with Gasteiger partial charge in [0.1, 0.15) is 5.82 Å². The average molecular weight is 522 g/mol. The lowest BCUT2D eigenvalue weighted by atomic mass is 10.1. The number of hydrogen-bond acceptors (Lipinski definition) is 8. The van der Waals surface area contributed by atoms with Gasteiger partial charge in [0.25, 0.3) is 5.92 Å². The summed E-state index contributed by atoms with van der Waals surface area (Å²) in [4.78, 5) is 14.0. The maximum absolute atomic E-state index is 13.8. The molecule has 3 aliphatic rings. The molecule has 7 nitrogen and oxygen atoms in total. The number of nitrogens with one attached hydrogen (secondary N) is 1. The van der Waals surface area contributed by atoms with Gasteiger partial charge in [-0.15, -0.1) is 0 Å². The molecule has 1 aromatic heterocycles. The summed E-state index contributed by atoms with van der Waals surface area (Å²) in [6.45, 7) is 4.48. The molecule has 0 unspecified atom stereocenters. The van der Waals surface area contributed by atoms with Crippen LogP contribution < -0.4 is 19.7 Å². The molecule has 0 amide bonds. The van der Waals surface area contributed by atoms with Crippen LogP contribution in [0.15, 0.2) is 12.1 Å². The molecule has 0 radical (unpaired) electrons. The van der Waals surface area contributed by atoms with Gasteiger partial charge in [-0.25, -0.2) is 13.8 Å². The van der Waals surface area contributed by atoms with Crippen molar-refractivity contribution < 1.29 is 18.3 Å². The predicted octanol–water partition coefficient (Wildman–Crippen LogP) is 5.05. The number of piperidine rings is 1. The van der Waals surface area contributed by atoms with Crippen LogP contribution >= 0.6 is 11.8 Å². The third kappa shape index (κ3) is 6.25. The molecular weight excluding hydrogens is 484 g/mol. The number of anilines is 2. The Morgan fingerprint density at radius 3 is 2.53 bits per heavy atom. The number of benzene rings is 1. The van der Waals surface area contributed by atoms with E-state index in [9.17, 15) is 8.78 Å². The average Bonchev–Trinajstić information content (AvgIpc) is 3.40. The molecule has 0 atom stereocenters. The minimum Gasteiger partial charge on any atom is -0.493 e. The molecule has 0 saturated carbocycles. The van der Waals surface area contributed by atoms with E-state index in [0.29, 0.717) is 30.1 Å². The molecule has 3 aliphatic heterocycles. The lowest BCUT2D eigenvalue weighted by Gasteiger charge is -2.32. The minimum atomic E-state index is -2.61. The first-order valence-corrected chi connectivity index (χ1v) is 14.4. The van der Waals surface area contributed by atoms with E-state index in [-0.39, 0.29) is 25.9 Å². The Morgan fingerprint density at radius 2 is 1.81 bits per heavy atom. The lowest BCUT2D eigenvalue weighted by Crippen LogP contribution is -2.40. The number of likely N-dealkylation sites (tertiary alicyclic amines) is 1. The standard InChI is InChI=1S/C26H37F2N5O2S/c1-34-22-17-20-21(18-23(22)35-14-4-11-32-9-2-3-10-32)30-25(33-12-7-26(27,28)8-13-33)31-24(20)29-19-5-15-36-16-6-19/h17-19H,2-16H2,1H3,(H,29,30,31). The van der Waals surface area contributed by atoms with Crippen molar-refractivity contribution >= 4 is 34.4 Å². The quantitative estimate of drug-likeness (QED) is 0.460. The van der Waals surface area contributed by atoms with Gasteiger partial charge in [0.05, 0.1) is 19.2 Å². The Bertz CT molecular complexity index is 1020. The van der Waals surface area contributed by atoms with E-state index in [1.807, 2.05) is 28.8 Å². The first-order chi connectivity index (χ1) is 17.5. The molecule has 1 aromatic carbocycles. The van der Waals surface area contributed by atoms with Crippen molar-refractivity contribution in [3.05, 3.63) is 12.1 Å². The summed E-state index contributed by atoms with van der Waals surface area (Å²) in [5, 5.41) is 4.49. The van der Waals surface area contributed by atoms with E-state index in [2.05, 4.69) is 10.2 Å². The molecule has 198 valence electrons. The first-order valence-electron chi connectivity index (χ1n) is 13.2. The number of ether oxygens (including phenoxy) is 2. The van der Waals surface area contributed by atoms with Crippen molar-refractivity contribution in [3.63, 3.8) is 0 Å². The van der Waals surface area contributed by atoms with Crippen molar-refractivity contribution in [3.8, 4) is 11.5 Å². The van der Waals surface area contributed by atoms with E-state index in [0.717, 1.165) is 54.0 Å². The van der Waals surface area contributed by atoms with Crippen LogP contribution in [0.2, 0.25) is 0 Å². The van der Waals surface area contributed by atoms with Gasteiger partial charge in [-0.1, -0.05) is 0 Å². The van der Waals surface area contributed by atoms with Crippen LogP contribution in [-0.2, 0) is 0 Å². The molecule has 4 heterocycles. The van der Waals surface area contributed by atoms with Crippen molar-refractivity contribution in [2.45, 2.75) is 56.9 Å². The molecule has 1 N–H and O–H groups in total. The van der Waals surface area contributed by atoms with E-state index in [4.69, 9.17) is 19.4 Å². The van der Waals surface area contributed by atoms with E-state index < -0.39 is 5.92 Å². The van der Waals surface area contributed by atoms with Crippen molar-refractivity contribution in [2.75, 3.05) is 68.2 Å². The Hall–Kier alpha value is -2.07. The van der Waals surface area contributed by atoms with Crippen LogP contribution in [0.25, 0.3) is 10.9 Å². The Balaban J connectivity index is 1.40. The SMILES string of the molecule is COc1cc2c(NC3CCSCC3)nc(N3CCC(F)(F)CC3)nc2cc1OCCCN1CCCC1. The number of fused-ring (bicyclic) bond motifs is 1. The molecule has 5 rings (SSSR count). The number of methoxy groups -OCH3 is 1. The third-order valence-electron chi connectivity index (χ3n) is 7.38. The zero-order chi connectivity index (χ0) is 25.0. The van der Waals surface area contributed by atoms with Crippen LogP contribution in [0, 0.1) is 0 Å². The highest BCUT2D eigenvalue weighted by atomic mass is 32.2. The molecule has 10 heteroatoms. The topological polar surface area (TPSA) is 62.8 Å². The number of alkyl halides is 2. The molecule has 3 saturated heterocycles. The van der Waals surface area contributed by atoms with Crippen LogP contribution in [0.3, 0.4) is 0 Å². The van der Waals surface area contributed by atoms with Crippen molar-refractivity contribution in [1.29, 1.82) is 0 Å². The number of hydrogen-bond donors (Lipinski definition) is 1. The molecule has 2 aromatic rings. The summed E-state index contributed by atoms with van der Waals surface area (Å²) in [5.41, 5.74) is 0.736. The summed E-state index contributed by atoms with van der Waals surface area (Å²) in [6.07, 6.45) is 5.30. The zero-order valence-electron chi connectivity index (χ0n) is 21.1. The van der Waals surface area contributed by atoms with Gasteiger partial charge < -0.3 is 24.6 Å². The predicted molar refractivity (Wildman–Crippen MR) is 142 cm³/mol. The monoisotopic (exact) mass is 521 g/mol. The van der Waals surface area contributed by atoms with E-state index >= 15 is 0 Å². The minimum absolute atomic E-state index is 0.176. The molecule has 36 heavy (non-hydrogen) atoms. The van der Waals surface area contributed by atoms with Crippen LogP contribution in [0.1, 0.15) is 44.9 Å². The summed E-state index contributed by atoms with van der Waals surface area (Å²) in [7, 11) is 1.65. The van der Waals surface area contributed by atoms with Gasteiger partial charge in [0, 0.05) is 50.0 Å². The van der Waals surface area contributed by atoms with Crippen LogP contribution in [-0.4, -0.2) is 84.8 Å². The fourth-order valence-corrected chi connectivity index (χ4v) is 6.30. The summed E-state index contributed by atoms with van der Waals surface area (Å²) >= 11 is 1.97. The smallest absolute Gasteiger partial charge is 0.251 e. The van der Waals surface area contributed by atoms with E-state index in [1.165, 1.54) is 25.9 Å². The second-order valence-corrected chi connectivity index (χ2v) is 11.2. The van der Waals surface area contributed by atoms with Gasteiger partial charge >= 0.3 is 0 Å². The molecular formula is C26H37F2N5O2S. The zero-order valence-corrected chi connectivity index (χ0v) is 21.9. The number of thioether (sulfide) groups is 1. The highest BCUT2D eigenvalue weighted by Gasteiger charge is 2.35. The number of nitrogens with zero attached hydrogens (tertiary/aromatic N) is 4. The van der Waals surface area contributed by atoms with E-state index in [1.54, 1.807) is 7.11 Å². The van der Waals surface area contributed by atoms with Crippen molar-refractivity contribution in [2.24, 2.45) is 0 Å². The maximum atomic E-state index is 13.8. The maximum Gasteiger partial charge on any atom is 0.251 e. The first kappa shape index (κ1) is 25.6. The Kier molecular flexibility index (Phi) is 8.20. The molecule has 0 aliphatic carbocycles. The summed E-state index contributed by atoms with van der Waals surface area (Å²) < 4.78 is 39.4. The van der Waals surface area contributed by atoms with Gasteiger partial charge in [-0.3, -0.25) is 0 Å². The van der Waals surface area contributed by atoms with Gasteiger partial charge in [0.15, 0.2) is 11.5 Å². The highest BCUT2D eigenvalue weighted by molar-refractivity contribution is 7.99. The number of rotatable bonds is 9. The normalized spacial score (nSPS) is 21.1. The fraction of sp³-hybridized carbons (Fsp3) is 0.692. The van der Waals surface area contributed by atoms with Crippen LogP contribution in [0.5, 0.6) is 11.5 Å². The Labute approximate surface area is 216 Å². The van der Waals surface area contributed by atoms with Crippen molar-refractivity contribution in [1.82, 2.24) is 14.9 Å². The summed E-state index contributed by atoms with van der Waals surface area (Å²) in [6, 6.07) is 4.19. The largest absolute Gasteiger partial charge is 0.493 e. The van der Waals surface area contributed by atoms with Gasteiger partial charge in [-0.2, -0.15) is 16.7 Å². The number of aromatic nitrogens is 2. The second kappa shape index (κ2) is 11.5. The fourth-order valence-electron chi connectivity index (χ4n) is 5.19.